The van der Waals surface area contributed by atoms with E-state index in [4.69, 9.17) is 14.2 Å². The molecular weight excluding hydrogens is 399 g/mol. The van der Waals surface area contributed by atoms with Crippen LogP contribution in [0.5, 0.6) is 11.5 Å². The molecule has 164 valence electrons. The van der Waals surface area contributed by atoms with Crippen molar-refractivity contribution in [2.75, 3.05) is 34.0 Å². The normalized spacial score (nSPS) is 11.8. The van der Waals surface area contributed by atoms with Crippen LogP contribution in [0.3, 0.4) is 0 Å². The summed E-state index contributed by atoms with van der Waals surface area (Å²) >= 11 is 0. The van der Waals surface area contributed by atoms with E-state index in [1.54, 1.807) is 26.3 Å². The Hall–Kier alpha value is -2.94. The molecule has 0 aliphatic rings. The van der Waals surface area contributed by atoms with Gasteiger partial charge in [0.05, 0.1) is 6.61 Å². The molecule has 0 fully saturated rings. The monoisotopic (exact) mass is 425 g/mol. The molecule has 2 aromatic carbocycles. The van der Waals surface area contributed by atoms with Gasteiger partial charge in [-0.3, -0.25) is 4.99 Å². The Bertz CT molecular complexity index is 779. The van der Waals surface area contributed by atoms with Crippen molar-refractivity contribution in [3.05, 3.63) is 59.7 Å². The van der Waals surface area contributed by atoms with E-state index in [0.29, 0.717) is 32.3 Å². The third-order valence-corrected chi connectivity index (χ3v) is 3.95. The van der Waals surface area contributed by atoms with Crippen LogP contribution < -0.4 is 20.1 Å². The molecule has 6 nitrogen and oxygen atoms in total. The zero-order valence-corrected chi connectivity index (χ0v) is 17.0. The molecular formula is C21H26F3N3O3. The lowest BCUT2D eigenvalue weighted by molar-refractivity contribution is -0.153. The van der Waals surface area contributed by atoms with Crippen molar-refractivity contribution in [2.24, 2.45) is 4.99 Å². The number of guanidine groups is 1. The highest BCUT2D eigenvalue weighted by atomic mass is 19.4. The summed E-state index contributed by atoms with van der Waals surface area (Å²) in [5.41, 5.74) is 1.94. The molecule has 0 heterocycles. The van der Waals surface area contributed by atoms with Crippen molar-refractivity contribution in [1.29, 1.82) is 0 Å². The molecule has 0 amide bonds. The Balaban J connectivity index is 1.75. The maximum Gasteiger partial charge on any atom is 0.422 e. The Morgan fingerprint density at radius 2 is 1.33 bits per heavy atom. The molecule has 0 spiro atoms. The number of rotatable bonds is 10. The molecule has 9 heteroatoms. The third-order valence-electron chi connectivity index (χ3n) is 3.95. The number of methoxy groups -OCH3 is 1. The van der Waals surface area contributed by atoms with Crippen molar-refractivity contribution < 1.29 is 27.4 Å². The molecule has 2 N–H and O–H groups in total. The molecule has 0 saturated heterocycles. The van der Waals surface area contributed by atoms with Gasteiger partial charge in [-0.15, -0.1) is 0 Å². The maximum atomic E-state index is 12.2. The molecule has 0 atom stereocenters. The second-order valence-electron chi connectivity index (χ2n) is 6.31. The minimum absolute atomic E-state index is 0.174. The predicted molar refractivity (Wildman–Crippen MR) is 109 cm³/mol. The number of nitrogens with one attached hydrogen (secondary N) is 2. The van der Waals surface area contributed by atoms with Gasteiger partial charge in [0.1, 0.15) is 18.1 Å². The number of benzene rings is 2. The van der Waals surface area contributed by atoms with Crippen LogP contribution in [0.4, 0.5) is 13.2 Å². The van der Waals surface area contributed by atoms with Crippen molar-refractivity contribution >= 4 is 5.96 Å². The number of ether oxygens (including phenoxy) is 3. The predicted octanol–water partition coefficient (Wildman–Crippen LogP) is 3.52. The SMILES string of the molecule is CN=C(NCc1ccc(OCCOC)cc1)NCc1ccc(OCC(F)(F)F)cc1. The minimum Gasteiger partial charge on any atom is -0.491 e. The van der Waals surface area contributed by atoms with E-state index >= 15 is 0 Å². The van der Waals surface area contributed by atoms with Gasteiger partial charge >= 0.3 is 6.18 Å². The van der Waals surface area contributed by atoms with Gasteiger partial charge in [0.2, 0.25) is 0 Å². The van der Waals surface area contributed by atoms with E-state index in [2.05, 4.69) is 15.6 Å². The van der Waals surface area contributed by atoms with Crippen LogP contribution in [0.1, 0.15) is 11.1 Å². The molecule has 2 aromatic rings. The van der Waals surface area contributed by atoms with Crippen molar-refractivity contribution in [3.63, 3.8) is 0 Å². The average Bonchev–Trinajstić information content (AvgIpc) is 2.74. The van der Waals surface area contributed by atoms with E-state index in [1.807, 2.05) is 24.3 Å². The van der Waals surface area contributed by atoms with E-state index < -0.39 is 12.8 Å². The summed E-state index contributed by atoms with van der Waals surface area (Å²) in [5, 5.41) is 6.36. The Morgan fingerprint density at radius 1 is 0.833 bits per heavy atom. The van der Waals surface area contributed by atoms with Crippen LogP contribution >= 0.6 is 0 Å². The van der Waals surface area contributed by atoms with Gasteiger partial charge in [-0.1, -0.05) is 24.3 Å². The highest BCUT2D eigenvalue weighted by molar-refractivity contribution is 5.79. The Morgan fingerprint density at radius 3 is 1.77 bits per heavy atom. The molecule has 30 heavy (non-hydrogen) atoms. The van der Waals surface area contributed by atoms with Gasteiger partial charge in [-0.05, 0) is 35.4 Å². The van der Waals surface area contributed by atoms with E-state index in [9.17, 15) is 13.2 Å². The van der Waals surface area contributed by atoms with Crippen LogP contribution in [0.25, 0.3) is 0 Å². The van der Waals surface area contributed by atoms with Gasteiger partial charge in [-0.2, -0.15) is 13.2 Å². The lowest BCUT2D eigenvalue weighted by atomic mass is 10.2. The molecule has 0 aliphatic carbocycles. The van der Waals surface area contributed by atoms with E-state index in [0.717, 1.165) is 16.9 Å². The largest absolute Gasteiger partial charge is 0.491 e. The quantitative estimate of drug-likeness (QED) is 0.347. The lowest BCUT2D eigenvalue weighted by Crippen LogP contribution is -2.36. The van der Waals surface area contributed by atoms with Gasteiger partial charge in [0.25, 0.3) is 0 Å². The topological polar surface area (TPSA) is 64.1 Å². The fourth-order valence-electron chi connectivity index (χ4n) is 2.41. The molecule has 0 unspecified atom stereocenters. The molecule has 0 radical (unpaired) electrons. The second kappa shape index (κ2) is 11.9. The highest BCUT2D eigenvalue weighted by Crippen LogP contribution is 2.18. The van der Waals surface area contributed by atoms with Crippen LogP contribution in [0, 0.1) is 0 Å². The zero-order valence-electron chi connectivity index (χ0n) is 17.0. The summed E-state index contributed by atoms with van der Waals surface area (Å²) in [7, 11) is 3.29. The van der Waals surface area contributed by atoms with Crippen LogP contribution in [0.2, 0.25) is 0 Å². The first-order valence-electron chi connectivity index (χ1n) is 9.33. The first-order chi connectivity index (χ1) is 14.4. The Labute approximate surface area is 174 Å². The fraction of sp³-hybridized carbons (Fsp3) is 0.381. The van der Waals surface area contributed by atoms with Crippen molar-refractivity contribution in [3.8, 4) is 11.5 Å². The van der Waals surface area contributed by atoms with Gasteiger partial charge in [0, 0.05) is 27.2 Å². The smallest absolute Gasteiger partial charge is 0.422 e. The zero-order chi connectivity index (χ0) is 21.8. The molecule has 0 aromatic heterocycles. The van der Waals surface area contributed by atoms with Crippen LogP contribution in [-0.4, -0.2) is 46.1 Å². The van der Waals surface area contributed by atoms with Crippen molar-refractivity contribution in [2.45, 2.75) is 19.3 Å². The molecule has 2 rings (SSSR count). The summed E-state index contributed by atoms with van der Waals surface area (Å²) in [6.45, 7) is 0.768. The molecule has 0 bridgehead atoms. The third kappa shape index (κ3) is 9.04. The highest BCUT2D eigenvalue weighted by Gasteiger charge is 2.28. The van der Waals surface area contributed by atoms with E-state index in [-0.39, 0.29) is 5.75 Å². The number of nitrogens with zero attached hydrogens (tertiary/aromatic N) is 1. The summed E-state index contributed by atoms with van der Waals surface area (Å²) in [4.78, 5) is 4.17. The summed E-state index contributed by atoms with van der Waals surface area (Å²) in [5.74, 6) is 1.56. The molecule has 0 aliphatic heterocycles. The van der Waals surface area contributed by atoms with Crippen molar-refractivity contribution in [1.82, 2.24) is 10.6 Å². The second-order valence-corrected chi connectivity index (χ2v) is 6.31. The minimum atomic E-state index is -4.35. The standard InChI is InChI=1S/C21H26F3N3O3/c1-25-20(26-13-16-3-7-18(8-4-16)29-12-11-28-2)27-14-17-5-9-19(10-6-17)30-15-21(22,23)24/h3-10H,11-15H2,1-2H3,(H2,25,26,27). The number of halogens is 3. The summed E-state index contributed by atoms with van der Waals surface area (Å²) in [6, 6.07) is 14.1. The first-order valence-corrected chi connectivity index (χ1v) is 9.33. The van der Waals surface area contributed by atoms with Gasteiger partial charge in [-0.25, -0.2) is 0 Å². The number of hydrogen-bond donors (Lipinski definition) is 2. The molecule has 0 saturated carbocycles. The lowest BCUT2D eigenvalue weighted by Gasteiger charge is -2.13. The van der Waals surface area contributed by atoms with Gasteiger partial charge < -0.3 is 24.8 Å². The van der Waals surface area contributed by atoms with Crippen LogP contribution in [0.15, 0.2) is 53.5 Å². The Kier molecular flexibility index (Phi) is 9.27. The van der Waals surface area contributed by atoms with Crippen LogP contribution in [-0.2, 0) is 17.8 Å². The number of hydrogen-bond acceptors (Lipinski definition) is 4. The first kappa shape index (κ1) is 23.3. The fourth-order valence-corrected chi connectivity index (χ4v) is 2.41. The van der Waals surface area contributed by atoms with Gasteiger partial charge in [0.15, 0.2) is 12.6 Å². The number of alkyl halides is 3. The average molecular weight is 425 g/mol. The summed E-state index contributed by atoms with van der Waals surface area (Å²) < 4.78 is 51.7. The number of aliphatic imine (C=N–C) groups is 1. The summed E-state index contributed by atoms with van der Waals surface area (Å²) in [6.07, 6.45) is -4.35. The maximum absolute atomic E-state index is 12.2. The van der Waals surface area contributed by atoms with E-state index in [1.165, 1.54) is 12.1 Å².